The van der Waals surface area contributed by atoms with Crippen LogP contribution in [-0.2, 0) is 10.0 Å². The summed E-state index contributed by atoms with van der Waals surface area (Å²) in [5.41, 5.74) is 0.612. The number of sulfonamides is 1. The average Bonchev–Trinajstić information content (AvgIpc) is 3.09. The van der Waals surface area contributed by atoms with Crippen molar-refractivity contribution in [2.45, 2.75) is 18.7 Å². The molecule has 3 aromatic rings. The third kappa shape index (κ3) is 2.46. The molecule has 0 radical (unpaired) electrons. The zero-order valence-electron chi connectivity index (χ0n) is 11.9. The van der Waals surface area contributed by atoms with Crippen LogP contribution in [-0.4, -0.2) is 28.3 Å². The molecule has 0 fully saturated rings. The lowest BCUT2D eigenvalue weighted by molar-refractivity contribution is 0.390. The van der Waals surface area contributed by atoms with E-state index in [9.17, 15) is 8.42 Å². The van der Waals surface area contributed by atoms with Gasteiger partial charge in [-0.1, -0.05) is 5.16 Å². The number of hydrogen-bond donors (Lipinski definition) is 1. The Bertz CT molecular complexity index is 880. The van der Waals surface area contributed by atoms with E-state index in [4.69, 9.17) is 4.52 Å². The third-order valence-electron chi connectivity index (χ3n) is 2.99. The number of pyridine rings is 1. The molecule has 0 saturated heterocycles. The summed E-state index contributed by atoms with van der Waals surface area (Å²) in [5, 5.41) is 7.73. The molecule has 0 saturated carbocycles. The van der Waals surface area contributed by atoms with Crippen LogP contribution in [0.25, 0.3) is 5.82 Å². The second-order valence-corrected chi connectivity index (χ2v) is 6.20. The van der Waals surface area contributed by atoms with Crippen molar-refractivity contribution < 1.29 is 12.9 Å². The van der Waals surface area contributed by atoms with Gasteiger partial charge in [-0.15, -0.1) is 0 Å². The molecule has 3 aromatic heterocycles. The minimum Gasteiger partial charge on any atom is -0.360 e. The van der Waals surface area contributed by atoms with Crippen LogP contribution < -0.4 is 4.72 Å². The van der Waals surface area contributed by atoms with Gasteiger partial charge in [-0.05, 0) is 32.0 Å². The summed E-state index contributed by atoms with van der Waals surface area (Å²) >= 11 is 0. The van der Waals surface area contributed by atoms with E-state index in [1.165, 1.54) is 4.68 Å². The highest BCUT2D eigenvalue weighted by Gasteiger charge is 2.25. The molecule has 8 nitrogen and oxygen atoms in total. The minimum absolute atomic E-state index is 0.0303. The molecular weight excluding hydrogens is 306 g/mol. The number of hydrogen-bond acceptors (Lipinski definition) is 6. The molecule has 0 bridgehead atoms. The quantitative estimate of drug-likeness (QED) is 0.784. The van der Waals surface area contributed by atoms with Gasteiger partial charge in [0.2, 0.25) is 0 Å². The minimum atomic E-state index is -3.83. The SMILES string of the molecule is Cc1noc(C)c1S(=O)(=O)Nc1cccnc1-n1cccn1. The van der Waals surface area contributed by atoms with E-state index >= 15 is 0 Å². The Morgan fingerprint density at radius 2 is 2.05 bits per heavy atom. The maximum atomic E-state index is 12.6. The van der Waals surface area contributed by atoms with Gasteiger partial charge in [-0.25, -0.2) is 18.1 Å². The van der Waals surface area contributed by atoms with Crippen molar-refractivity contribution in [2.75, 3.05) is 4.72 Å². The molecule has 9 heteroatoms. The zero-order chi connectivity index (χ0) is 15.7. The fourth-order valence-electron chi connectivity index (χ4n) is 2.11. The first-order valence-electron chi connectivity index (χ1n) is 6.40. The molecule has 22 heavy (non-hydrogen) atoms. The van der Waals surface area contributed by atoms with Crippen molar-refractivity contribution in [1.82, 2.24) is 19.9 Å². The van der Waals surface area contributed by atoms with Crippen LogP contribution in [0.15, 0.2) is 46.2 Å². The molecule has 1 N–H and O–H groups in total. The topological polar surface area (TPSA) is 103 Å². The number of aromatic nitrogens is 4. The first-order chi connectivity index (χ1) is 10.5. The number of nitrogens with one attached hydrogen (secondary N) is 1. The van der Waals surface area contributed by atoms with Gasteiger partial charge >= 0.3 is 0 Å². The number of aryl methyl sites for hydroxylation is 2. The average molecular weight is 319 g/mol. The predicted octanol–water partition coefficient (Wildman–Crippen LogP) is 1.67. The Labute approximate surface area is 126 Å². The van der Waals surface area contributed by atoms with Crippen LogP contribution in [0.3, 0.4) is 0 Å². The lowest BCUT2D eigenvalue weighted by Crippen LogP contribution is -2.16. The monoisotopic (exact) mass is 319 g/mol. The van der Waals surface area contributed by atoms with Crippen LogP contribution >= 0.6 is 0 Å². The molecule has 0 aromatic carbocycles. The van der Waals surface area contributed by atoms with Gasteiger partial charge in [-0.2, -0.15) is 5.10 Å². The second-order valence-electron chi connectivity index (χ2n) is 4.58. The second kappa shape index (κ2) is 5.26. The molecule has 0 unspecified atom stereocenters. The summed E-state index contributed by atoms with van der Waals surface area (Å²) < 4.78 is 34.0. The number of anilines is 1. The smallest absolute Gasteiger partial charge is 0.267 e. The van der Waals surface area contributed by atoms with E-state index in [2.05, 4.69) is 20.0 Å². The highest BCUT2D eigenvalue weighted by Crippen LogP contribution is 2.24. The molecular formula is C13H13N5O3S. The lowest BCUT2D eigenvalue weighted by Gasteiger charge is -2.11. The molecule has 3 rings (SSSR count). The van der Waals surface area contributed by atoms with Gasteiger partial charge in [0.05, 0.1) is 5.69 Å². The lowest BCUT2D eigenvalue weighted by atomic mass is 10.4. The van der Waals surface area contributed by atoms with E-state index in [-0.39, 0.29) is 10.7 Å². The van der Waals surface area contributed by atoms with Gasteiger partial charge in [0.1, 0.15) is 5.69 Å². The maximum Gasteiger partial charge on any atom is 0.267 e. The van der Waals surface area contributed by atoms with E-state index < -0.39 is 10.0 Å². The van der Waals surface area contributed by atoms with Crippen LogP contribution in [0.1, 0.15) is 11.5 Å². The summed E-state index contributed by atoms with van der Waals surface area (Å²) in [6, 6.07) is 4.97. The van der Waals surface area contributed by atoms with Gasteiger partial charge < -0.3 is 4.52 Å². The van der Waals surface area contributed by atoms with Crippen LogP contribution in [0.5, 0.6) is 0 Å². The van der Waals surface area contributed by atoms with Crippen molar-refractivity contribution in [1.29, 1.82) is 0 Å². The molecule has 114 valence electrons. The molecule has 0 amide bonds. The Balaban J connectivity index is 2.04. The molecule has 0 aliphatic rings. The first kappa shape index (κ1) is 14.3. The van der Waals surface area contributed by atoms with E-state index in [1.807, 2.05) is 0 Å². The molecule has 0 aliphatic carbocycles. The van der Waals surface area contributed by atoms with Crippen molar-refractivity contribution in [3.05, 3.63) is 48.2 Å². The van der Waals surface area contributed by atoms with Crippen molar-refractivity contribution >= 4 is 15.7 Å². The Morgan fingerprint density at radius 1 is 1.23 bits per heavy atom. The van der Waals surface area contributed by atoms with Gasteiger partial charge in [0.25, 0.3) is 10.0 Å². The number of nitrogens with zero attached hydrogens (tertiary/aromatic N) is 4. The van der Waals surface area contributed by atoms with E-state index in [0.717, 1.165) is 0 Å². The van der Waals surface area contributed by atoms with Crippen LogP contribution in [0.4, 0.5) is 5.69 Å². The third-order valence-corrected chi connectivity index (χ3v) is 4.60. The van der Waals surface area contributed by atoms with Gasteiger partial charge in [0.15, 0.2) is 16.5 Å². The zero-order valence-corrected chi connectivity index (χ0v) is 12.7. The maximum absolute atomic E-state index is 12.6. The van der Waals surface area contributed by atoms with Crippen LogP contribution in [0.2, 0.25) is 0 Å². The van der Waals surface area contributed by atoms with Crippen molar-refractivity contribution in [3.8, 4) is 5.82 Å². The summed E-state index contributed by atoms with van der Waals surface area (Å²) in [5.74, 6) is 0.609. The van der Waals surface area contributed by atoms with Crippen molar-refractivity contribution in [2.24, 2.45) is 0 Å². The number of rotatable bonds is 4. The summed E-state index contributed by atoms with van der Waals surface area (Å²) in [7, 11) is -3.83. The summed E-state index contributed by atoms with van der Waals surface area (Å²) in [6.45, 7) is 3.12. The molecule has 3 heterocycles. The highest BCUT2D eigenvalue weighted by molar-refractivity contribution is 7.92. The standard InChI is InChI=1S/C13H13N5O3S/c1-9-12(10(2)21-16-9)22(19,20)17-11-5-3-6-14-13(11)18-8-4-7-15-18/h3-8,17H,1-2H3. The fourth-order valence-corrected chi connectivity index (χ4v) is 3.50. The summed E-state index contributed by atoms with van der Waals surface area (Å²) in [4.78, 5) is 4.20. The molecule has 0 atom stereocenters. The van der Waals surface area contributed by atoms with E-state index in [1.54, 1.807) is 50.6 Å². The van der Waals surface area contributed by atoms with Crippen LogP contribution in [0, 0.1) is 13.8 Å². The fraction of sp³-hybridized carbons (Fsp3) is 0.154. The highest BCUT2D eigenvalue weighted by atomic mass is 32.2. The van der Waals surface area contributed by atoms with Gasteiger partial charge in [-0.3, -0.25) is 4.72 Å². The normalized spacial score (nSPS) is 11.5. The Kier molecular flexibility index (Phi) is 3.41. The summed E-state index contributed by atoms with van der Waals surface area (Å²) in [6.07, 6.45) is 4.82. The van der Waals surface area contributed by atoms with Gasteiger partial charge in [0, 0.05) is 18.6 Å². The Hall–Kier alpha value is -2.68. The predicted molar refractivity (Wildman–Crippen MR) is 78.1 cm³/mol. The van der Waals surface area contributed by atoms with E-state index in [0.29, 0.717) is 17.2 Å². The Morgan fingerprint density at radius 3 is 2.68 bits per heavy atom. The van der Waals surface area contributed by atoms with Crippen molar-refractivity contribution in [3.63, 3.8) is 0 Å². The molecule has 0 spiro atoms. The first-order valence-corrected chi connectivity index (χ1v) is 7.88. The largest absolute Gasteiger partial charge is 0.360 e. The molecule has 0 aliphatic heterocycles.